The number of hydrogen-bond donors (Lipinski definition) is 1. The van der Waals surface area contributed by atoms with Gasteiger partial charge in [0.1, 0.15) is 5.54 Å². The Morgan fingerprint density at radius 2 is 1.89 bits per heavy atom. The molecule has 18 heavy (non-hydrogen) atoms. The lowest BCUT2D eigenvalue weighted by Crippen LogP contribution is -2.47. The Morgan fingerprint density at radius 3 is 2.39 bits per heavy atom. The maximum absolute atomic E-state index is 9.28. The van der Waals surface area contributed by atoms with E-state index in [1.54, 1.807) is 0 Å². The van der Waals surface area contributed by atoms with Crippen LogP contribution < -0.4 is 5.32 Å². The minimum atomic E-state index is -0.506. The van der Waals surface area contributed by atoms with Crippen molar-refractivity contribution in [1.29, 1.82) is 5.26 Å². The summed E-state index contributed by atoms with van der Waals surface area (Å²) in [6, 6.07) is 2.91. The van der Waals surface area contributed by atoms with Crippen molar-refractivity contribution in [2.45, 2.75) is 77.0 Å². The van der Waals surface area contributed by atoms with Crippen molar-refractivity contribution in [2.75, 3.05) is 6.61 Å². The molecule has 1 N–H and O–H groups in total. The fourth-order valence-corrected chi connectivity index (χ4v) is 2.61. The van der Waals surface area contributed by atoms with Gasteiger partial charge in [-0.05, 0) is 50.9 Å². The Morgan fingerprint density at radius 1 is 1.28 bits per heavy atom. The first-order valence-corrected chi connectivity index (χ1v) is 7.23. The second-order valence-corrected chi connectivity index (χ2v) is 7.04. The van der Waals surface area contributed by atoms with Crippen LogP contribution in [0.2, 0.25) is 0 Å². The zero-order valence-electron chi connectivity index (χ0n) is 12.0. The van der Waals surface area contributed by atoms with Gasteiger partial charge in [0.15, 0.2) is 0 Å². The molecule has 2 fully saturated rings. The number of nitrogens with one attached hydrogen (secondary N) is 1. The average molecular weight is 250 g/mol. The maximum atomic E-state index is 9.28. The van der Waals surface area contributed by atoms with Crippen LogP contribution in [-0.2, 0) is 4.74 Å². The SMILES string of the molecule is CC1(C)CCC(OCC(C)(C#N)NC2CC2)CC1. The zero-order valence-corrected chi connectivity index (χ0v) is 12.0. The van der Waals surface area contributed by atoms with E-state index in [0.29, 0.717) is 24.2 Å². The van der Waals surface area contributed by atoms with Crippen molar-refractivity contribution in [1.82, 2.24) is 5.32 Å². The van der Waals surface area contributed by atoms with Crippen LogP contribution >= 0.6 is 0 Å². The lowest BCUT2D eigenvalue weighted by molar-refractivity contribution is -0.0134. The molecule has 1 atom stereocenters. The van der Waals surface area contributed by atoms with Gasteiger partial charge in [0.05, 0.1) is 18.8 Å². The average Bonchev–Trinajstić information content (AvgIpc) is 3.11. The molecule has 3 heteroatoms. The first-order valence-electron chi connectivity index (χ1n) is 7.23. The van der Waals surface area contributed by atoms with Crippen LogP contribution in [-0.4, -0.2) is 24.3 Å². The van der Waals surface area contributed by atoms with Crippen LogP contribution in [0, 0.1) is 16.7 Å². The molecule has 0 saturated heterocycles. The normalized spacial score (nSPS) is 27.4. The molecule has 0 amide bonds. The lowest BCUT2D eigenvalue weighted by atomic mass is 9.76. The minimum absolute atomic E-state index is 0.353. The monoisotopic (exact) mass is 250 g/mol. The molecule has 0 spiro atoms. The van der Waals surface area contributed by atoms with E-state index < -0.39 is 5.54 Å². The molecule has 0 aromatic rings. The van der Waals surface area contributed by atoms with Crippen molar-refractivity contribution < 1.29 is 4.74 Å². The van der Waals surface area contributed by atoms with E-state index in [-0.39, 0.29) is 0 Å². The summed E-state index contributed by atoms with van der Waals surface area (Å²) in [5, 5.41) is 12.7. The van der Waals surface area contributed by atoms with Crippen molar-refractivity contribution in [3.8, 4) is 6.07 Å². The molecule has 0 aromatic heterocycles. The Bertz CT molecular complexity index is 320. The first-order chi connectivity index (χ1) is 8.42. The summed E-state index contributed by atoms with van der Waals surface area (Å²) in [6.07, 6.45) is 7.50. The number of ether oxygens (including phenoxy) is 1. The van der Waals surface area contributed by atoms with E-state index >= 15 is 0 Å². The molecule has 2 saturated carbocycles. The lowest BCUT2D eigenvalue weighted by Gasteiger charge is -2.35. The van der Waals surface area contributed by atoms with Gasteiger partial charge in [-0.15, -0.1) is 0 Å². The van der Waals surface area contributed by atoms with Crippen LogP contribution in [0.25, 0.3) is 0 Å². The van der Waals surface area contributed by atoms with Gasteiger partial charge >= 0.3 is 0 Å². The number of nitriles is 1. The van der Waals surface area contributed by atoms with Gasteiger partial charge in [0.25, 0.3) is 0 Å². The minimum Gasteiger partial charge on any atom is -0.375 e. The molecule has 102 valence electrons. The van der Waals surface area contributed by atoms with Crippen molar-refractivity contribution in [2.24, 2.45) is 5.41 Å². The summed E-state index contributed by atoms with van der Waals surface area (Å²) in [7, 11) is 0. The Hall–Kier alpha value is -0.590. The van der Waals surface area contributed by atoms with E-state index in [1.165, 1.54) is 25.7 Å². The summed E-state index contributed by atoms with van der Waals surface area (Å²) >= 11 is 0. The largest absolute Gasteiger partial charge is 0.375 e. The van der Waals surface area contributed by atoms with Crippen LogP contribution in [0.1, 0.15) is 59.3 Å². The molecular formula is C15H26N2O. The Labute approximate surface area is 111 Å². The highest BCUT2D eigenvalue weighted by molar-refractivity contribution is 5.07. The van der Waals surface area contributed by atoms with Crippen LogP contribution in [0.15, 0.2) is 0 Å². The highest BCUT2D eigenvalue weighted by atomic mass is 16.5. The molecule has 2 aliphatic carbocycles. The van der Waals surface area contributed by atoms with Crippen molar-refractivity contribution >= 4 is 0 Å². The number of nitrogens with zero attached hydrogens (tertiary/aromatic N) is 1. The molecular weight excluding hydrogens is 224 g/mol. The van der Waals surface area contributed by atoms with Gasteiger partial charge in [-0.1, -0.05) is 13.8 Å². The number of rotatable bonds is 5. The van der Waals surface area contributed by atoms with Gasteiger partial charge in [0, 0.05) is 6.04 Å². The fraction of sp³-hybridized carbons (Fsp3) is 0.933. The predicted molar refractivity (Wildman–Crippen MR) is 72.2 cm³/mol. The van der Waals surface area contributed by atoms with E-state index in [9.17, 15) is 5.26 Å². The molecule has 0 aliphatic heterocycles. The third-order valence-electron chi connectivity index (χ3n) is 4.24. The van der Waals surface area contributed by atoms with Crippen LogP contribution in [0.4, 0.5) is 0 Å². The Balaban J connectivity index is 1.75. The summed E-state index contributed by atoms with van der Waals surface area (Å²) in [4.78, 5) is 0. The molecule has 0 radical (unpaired) electrons. The summed E-state index contributed by atoms with van der Waals surface area (Å²) in [6.45, 7) is 7.14. The third-order valence-corrected chi connectivity index (χ3v) is 4.24. The summed E-state index contributed by atoms with van der Waals surface area (Å²) in [5.41, 5.74) is -0.0290. The van der Waals surface area contributed by atoms with E-state index in [2.05, 4.69) is 25.2 Å². The molecule has 0 heterocycles. The fourth-order valence-electron chi connectivity index (χ4n) is 2.61. The topological polar surface area (TPSA) is 45.0 Å². The van der Waals surface area contributed by atoms with Crippen LogP contribution in [0.5, 0.6) is 0 Å². The quantitative estimate of drug-likeness (QED) is 0.816. The van der Waals surface area contributed by atoms with Crippen LogP contribution in [0.3, 0.4) is 0 Å². The van der Waals surface area contributed by atoms with Crippen molar-refractivity contribution in [3.05, 3.63) is 0 Å². The highest BCUT2D eigenvalue weighted by Crippen LogP contribution is 2.36. The van der Waals surface area contributed by atoms with E-state index in [4.69, 9.17) is 4.74 Å². The highest BCUT2D eigenvalue weighted by Gasteiger charge is 2.34. The summed E-state index contributed by atoms with van der Waals surface area (Å²) in [5.74, 6) is 0. The molecule has 2 aliphatic rings. The first kappa shape index (κ1) is 13.8. The molecule has 2 rings (SSSR count). The number of hydrogen-bond acceptors (Lipinski definition) is 3. The zero-order chi connectivity index (χ0) is 13.2. The van der Waals surface area contributed by atoms with Gasteiger partial charge < -0.3 is 4.74 Å². The smallest absolute Gasteiger partial charge is 0.127 e. The second kappa shape index (κ2) is 5.19. The summed E-state index contributed by atoms with van der Waals surface area (Å²) < 4.78 is 5.98. The van der Waals surface area contributed by atoms with Gasteiger partial charge in [0.2, 0.25) is 0 Å². The second-order valence-electron chi connectivity index (χ2n) is 7.04. The van der Waals surface area contributed by atoms with Crippen molar-refractivity contribution in [3.63, 3.8) is 0 Å². The molecule has 3 nitrogen and oxygen atoms in total. The molecule has 0 bridgehead atoms. The van der Waals surface area contributed by atoms with Gasteiger partial charge in [-0.25, -0.2) is 0 Å². The van der Waals surface area contributed by atoms with Gasteiger partial charge in [-0.3, -0.25) is 5.32 Å². The van der Waals surface area contributed by atoms with E-state index in [0.717, 1.165) is 12.8 Å². The third kappa shape index (κ3) is 3.96. The van der Waals surface area contributed by atoms with E-state index in [1.807, 2.05) is 6.92 Å². The Kier molecular flexibility index (Phi) is 3.99. The maximum Gasteiger partial charge on any atom is 0.127 e. The predicted octanol–water partition coefficient (Wildman–Crippen LogP) is 3.01. The standard InChI is InChI=1S/C15H26N2O/c1-14(2)8-6-13(7-9-14)18-11-15(3,10-16)17-12-4-5-12/h12-13,17H,4-9,11H2,1-3H3. The van der Waals surface area contributed by atoms with Gasteiger partial charge in [-0.2, -0.15) is 5.26 Å². The molecule has 1 unspecified atom stereocenters. The molecule has 0 aromatic carbocycles.